The summed E-state index contributed by atoms with van der Waals surface area (Å²) in [5.74, 6) is 1.89. The summed E-state index contributed by atoms with van der Waals surface area (Å²) in [6, 6.07) is 14.1. The molecule has 2 rings (SSSR count). The van der Waals surface area contributed by atoms with E-state index in [1.165, 1.54) is 0 Å². The average Bonchev–Trinajstić information content (AvgIpc) is 2.98. The van der Waals surface area contributed by atoms with E-state index in [-0.39, 0.29) is 6.04 Å². The number of para-hydroxylation sites is 1. The van der Waals surface area contributed by atoms with Crippen LogP contribution in [-0.4, -0.2) is 13.2 Å². The summed E-state index contributed by atoms with van der Waals surface area (Å²) in [5.41, 5.74) is 0. The van der Waals surface area contributed by atoms with Crippen LogP contribution in [-0.2, 0) is 0 Å². The quantitative estimate of drug-likeness (QED) is 0.783. The number of rotatable bonds is 8. The first-order chi connectivity index (χ1) is 9.40. The van der Waals surface area contributed by atoms with Gasteiger partial charge in [0.2, 0.25) is 0 Å². The Hall–Kier alpha value is -1.74. The van der Waals surface area contributed by atoms with E-state index in [0.29, 0.717) is 6.61 Å². The van der Waals surface area contributed by atoms with Crippen LogP contribution in [0.4, 0.5) is 0 Å². The van der Waals surface area contributed by atoms with Crippen LogP contribution in [0, 0.1) is 0 Å². The van der Waals surface area contributed by atoms with E-state index in [2.05, 4.69) is 12.2 Å². The molecule has 0 fully saturated rings. The number of hydrogen-bond donors (Lipinski definition) is 1. The largest absolute Gasteiger partial charge is 0.494 e. The molecule has 1 aromatic heterocycles. The van der Waals surface area contributed by atoms with Crippen LogP contribution in [0.3, 0.4) is 0 Å². The Morgan fingerprint density at radius 1 is 1.16 bits per heavy atom. The highest BCUT2D eigenvalue weighted by Gasteiger charge is 2.13. The summed E-state index contributed by atoms with van der Waals surface area (Å²) in [6.07, 6.45) is 3.72. The maximum atomic E-state index is 5.73. The second kappa shape index (κ2) is 7.64. The molecule has 3 heteroatoms. The normalized spacial score (nSPS) is 12.3. The number of furan rings is 1. The van der Waals surface area contributed by atoms with Crippen molar-refractivity contribution in [3.63, 3.8) is 0 Å². The first-order valence-corrected chi connectivity index (χ1v) is 6.84. The minimum Gasteiger partial charge on any atom is -0.494 e. The molecule has 0 spiro atoms. The van der Waals surface area contributed by atoms with Crippen LogP contribution in [0.2, 0.25) is 0 Å². The summed E-state index contributed by atoms with van der Waals surface area (Å²) in [4.78, 5) is 0. The van der Waals surface area contributed by atoms with Gasteiger partial charge in [-0.2, -0.15) is 0 Å². The minimum atomic E-state index is 0.221. The van der Waals surface area contributed by atoms with E-state index in [1.807, 2.05) is 42.5 Å². The van der Waals surface area contributed by atoms with Crippen molar-refractivity contribution in [3.05, 3.63) is 54.5 Å². The summed E-state index contributed by atoms with van der Waals surface area (Å²) >= 11 is 0. The third kappa shape index (κ3) is 4.45. The number of hydrogen-bond acceptors (Lipinski definition) is 3. The molecule has 0 aliphatic carbocycles. The second-order valence-electron chi connectivity index (χ2n) is 4.47. The lowest BCUT2D eigenvalue weighted by Crippen LogP contribution is -2.23. The van der Waals surface area contributed by atoms with E-state index < -0.39 is 0 Å². The van der Waals surface area contributed by atoms with Crippen molar-refractivity contribution < 1.29 is 9.15 Å². The molecule has 2 aromatic rings. The lowest BCUT2D eigenvalue weighted by molar-refractivity contribution is 0.273. The van der Waals surface area contributed by atoms with Crippen LogP contribution in [0.15, 0.2) is 53.1 Å². The van der Waals surface area contributed by atoms with Crippen LogP contribution in [0.25, 0.3) is 0 Å². The summed E-state index contributed by atoms with van der Waals surface area (Å²) in [7, 11) is 0. The maximum Gasteiger partial charge on any atom is 0.120 e. The predicted molar refractivity (Wildman–Crippen MR) is 76.3 cm³/mol. The zero-order valence-corrected chi connectivity index (χ0v) is 11.3. The Kier molecular flexibility index (Phi) is 5.50. The molecule has 0 radical (unpaired) electrons. The standard InChI is InChI=1S/C16H21NO2/c1-2-11-17-15(16-9-6-12-19-16)10-13-18-14-7-4-3-5-8-14/h3-9,12,15,17H,2,10-11,13H2,1H3. The van der Waals surface area contributed by atoms with Gasteiger partial charge in [0, 0.05) is 6.42 Å². The number of ether oxygens (including phenoxy) is 1. The summed E-state index contributed by atoms with van der Waals surface area (Å²) < 4.78 is 11.2. The van der Waals surface area contributed by atoms with Crippen LogP contribution < -0.4 is 10.1 Å². The van der Waals surface area contributed by atoms with Crippen molar-refractivity contribution in [2.75, 3.05) is 13.2 Å². The highest BCUT2D eigenvalue weighted by Crippen LogP contribution is 2.18. The van der Waals surface area contributed by atoms with Crippen molar-refractivity contribution >= 4 is 0 Å². The Balaban J connectivity index is 1.83. The van der Waals surface area contributed by atoms with Crippen LogP contribution >= 0.6 is 0 Å². The first kappa shape index (κ1) is 13.7. The van der Waals surface area contributed by atoms with Crippen LogP contribution in [0.5, 0.6) is 5.75 Å². The van der Waals surface area contributed by atoms with Gasteiger partial charge in [0.05, 0.1) is 18.9 Å². The lowest BCUT2D eigenvalue weighted by atomic mass is 10.1. The Bertz CT molecular complexity index is 439. The second-order valence-corrected chi connectivity index (χ2v) is 4.47. The van der Waals surface area contributed by atoms with Crippen molar-refractivity contribution in [2.45, 2.75) is 25.8 Å². The SMILES string of the molecule is CCCNC(CCOc1ccccc1)c1ccco1. The Labute approximate surface area is 114 Å². The van der Waals surface area contributed by atoms with E-state index in [9.17, 15) is 0 Å². The van der Waals surface area contributed by atoms with Gasteiger partial charge >= 0.3 is 0 Å². The monoisotopic (exact) mass is 259 g/mol. The van der Waals surface area contributed by atoms with Gasteiger partial charge in [0.1, 0.15) is 11.5 Å². The molecule has 1 heterocycles. The van der Waals surface area contributed by atoms with Gasteiger partial charge in [-0.3, -0.25) is 0 Å². The molecule has 1 N–H and O–H groups in total. The maximum absolute atomic E-state index is 5.73. The lowest BCUT2D eigenvalue weighted by Gasteiger charge is -2.16. The molecular weight excluding hydrogens is 238 g/mol. The molecule has 1 unspecified atom stereocenters. The summed E-state index contributed by atoms with van der Waals surface area (Å²) in [5, 5.41) is 3.48. The molecule has 0 saturated heterocycles. The molecule has 0 amide bonds. The molecule has 0 saturated carbocycles. The third-order valence-corrected chi connectivity index (χ3v) is 2.95. The number of nitrogens with one attached hydrogen (secondary N) is 1. The Morgan fingerprint density at radius 2 is 2.00 bits per heavy atom. The zero-order valence-electron chi connectivity index (χ0n) is 11.3. The van der Waals surface area contributed by atoms with Gasteiger partial charge in [-0.05, 0) is 37.2 Å². The number of benzene rings is 1. The van der Waals surface area contributed by atoms with Gasteiger partial charge in [0.15, 0.2) is 0 Å². The van der Waals surface area contributed by atoms with E-state index in [1.54, 1.807) is 6.26 Å². The van der Waals surface area contributed by atoms with Gasteiger partial charge in [-0.15, -0.1) is 0 Å². The van der Waals surface area contributed by atoms with Crippen molar-refractivity contribution in [1.29, 1.82) is 0 Å². The minimum absolute atomic E-state index is 0.221. The van der Waals surface area contributed by atoms with Crippen molar-refractivity contribution in [1.82, 2.24) is 5.32 Å². The van der Waals surface area contributed by atoms with Gasteiger partial charge in [-0.25, -0.2) is 0 Å². The highest BCUT2D eigenvalue weighted by atomic mass is 16.5. The van der Waals surface area contributed by atoms with Gasteiger partial charge in [-0.1, -0.05) is 25.1 Å². The molecule has 0 aliphatic heterocycles. The molecule has 1 atom stereocenters. The van der Waals surface area contributed by atoms with E-state index >= 15 is 0 Å². The fraction of sp³-hybridized carbons (Fsp3) is 0.375. The molecular formula is C16H21NO2. The molecule has 1 aromatic carbocycles. The molecule has 102 valence electrons. The van der Waals surface area contributed by atoms with Gasteiger partial charge < -0.3 is 14.5 Å². The predicted octanol–water partition coefficient (Wildman–Crippen LogP) is 3.79. The van der Waals surface area contributed by atoms with Crippen molar-refractivity contribution in [3.8, 4) is 5.75 Å². The third-order valence-electron chi connectivity index (χ3n) is 2.95. The highest BCUT2D eigenvalue weighted by molar-refractivity contribution is 5.20. The van der Waals surface area contributed by atoms with Gasteiger partial charge in [0.25, 0.3) is 0 Å². The van der Waals surface area contributed by atoms with E-state index in [4.69, 9.17) is 9.15 Å². The molecule has 3 nitrogen and oxygen atoms in total. The Morgan fingerprint density at radius 3 is 2.68 bits per heavy atom. The van der Waals surface area contributed by atoms with E-state index in [0.717, 1.165) is 30.9 Å². The van der Waals surface area contributed by atoms with Crippen LogP contribution in [0.1, 0.15) is 31.6 Å². The molecule has 0 bridgehead atoms. The summed E-state index contributed by atoms with van der Waals surface area (Å²) in [6.45, 7) is 3.81. The molecule has 0 aliphatic rings. The topological polar surface area (TPSA) is 34.4 Å². The molecule has 19 heavy (non-hydrogen) atoms. The average molecular weight is 259 g/mol. The smallest absolute Gasteiger partial charge is 0.120 e. The fourth-order valence-electron chi connectivity index (χ4n) is 1.96. The first-order valence-electron chi connectivity index (χ1n) is 6.84. The fourth-order valence-corrected chi connectivity index (χ4v) is 1.96. The zero-order chi connectivity index (χ0) is 13.3. The van der Waals surface area contributed by atoms with Crippen molar-refractivity contribution in [2.24, 2.45) is 0 Å².